The second-order valence-electron chi connectivity index (χ2n) is 10.6. The zero-order chi connectivity index (χ0) is 27.6. The van der Waals surface area contributed by atoms with Gasteiger partial charge in [0.1, 0.15) is 5.60 Å². The van der Waals surface area contributed by atoms with Gasteiger partial charge in [0.2, 0.25) is 18.3 Å². The Hall–Kier alpha value is -3.37. The Labute approximate surface area is 221 Å². The highest BCUT2D eigenvalue weighted by Gasteiger charge is 2.50. The molecule has 2 aliphatic heterocycles. The van der Waals surface area contributed by atoms with E-state index < -0.39 is 35.1 Å². The number of esters is 1. The molecule has 38 heavy (non-hydrogen) atoms. The Balaban J connectivity index is 1.98. The number of benzene rings is 2. The molecule has 10 nitrogen and oxygen atoms in total. The predicted molar refractivity (Wildman–Crippen MR) is 135 cm³/mol. The quantitative estimate of drug-likeness (QED) is 0.571. The highest BCUT2D eigenvalue weighted by molar-refractivity contribution is 5.89. The van der Waals surface area contributed by atoms with Crippen molar-refractivity contribution in [2.45, 2.75) is 51.4 Å². The van der Waals surface area contributed by atoms with Crippen LogP contribution in [0.3, 0.4) is 0 Å². The number of ether oxygens (including phenoxy) is 7. The van der Waals surface area contributed by atoms with Crippen LogP contribution in [0.1, 0.15) is 44.9 Å². The van der Waals surface area contributed by atoms with Crippen LogP contribution in [0, 0.1) is 11.8 Å². The molecule has 0 saturated heterocycles. The molecule has 2 N–H and O–H groups in total. The van der Waals surface area contributed by atoms with E-state index in [0.29, 0.717) is 57.6 Å². The summed E-state index contributed by atoms with van der Waals surface area (Å²) in [5, 5.41) is 23.3. The summed E-state index contributed by atoms with van der Waals surface area (Å²) in [6, 6.07) is 3.54. The van der Waals surface area contributed by atoms with Gasteiger partial charge in [-0.25, -0.2) is 4.79 Å². The second kappa shape index (κ2) is 9.13. The summed E-state index contributed by atoms with van der Waals surface area (Å²) in [6.45, 7) is 6.54. The van der Waals surface area contributed by atoms with Gasteiger partial charge >= 0.3 is 5.97 Å². The van der Waals surface area contributed by atoms with Crippen LogP contribution >= 0.6 is 0 Å². The monoisotopic (exact) mass is 530 g/mol. The smallest absolute Gasteiger partial charge is 0.338 e. The molecule has 5 rings (SSSR count). The minimum atomic E-state index is -1.92. The van der Waals surface area contributed by atoms with E-state index in [1.165, 1.54) is 28.3 Å². The van der Waals surface area contributed by atoms with Gasteiger partial charge in [-0.05, 0) is 43.9 Å². The first-order valence-electron chi connectivity index (χ1n) is 12.5. The maximum atomic E-state index is 13.5. The molecule has 0 saturated carbocycles. The largest absolute Gasteiger partial charge is 0.493 e. The molecule has 2 aromatic rings. The first-order chi connectivity index (χ1) is 18.0. The number of hydrogen-bond donors (Lipinski definition) is 2. The molecule has 0 amide bonds. The average Bonchev–Trinajstić information content (AvgIpc) is 3.35. The maximum absolute atomic E-state index is 13.5. The molecule has 2 aromatic carbocycles. The summed E-state index contributed by atoms with van der Waals surface area (Å²) in [6.07, 6.45) is -0.830. The molecule has 3 aliphatic rings. The van der Waals surface area contributed by atoms with E-state index in [-0.39, 0.29) is 13.4 Å². The number of hydrogen-bond acceptors (Lipinski definition) is 10. The fourth-order valence-electron chi connectivity index (χ4n) is 5.37. The van der Waals surface area contributed by atoms with Crippen LogP contribution in [0.2, 0.25) is 0 Å². The summed E-state index contributed by atoms with van der Waals surface area (Å²) in [7, 11) is 4.47. The van der Waals surface area contributed by atoms with Crippen molar-refractivity contribution >= 4 is 5.97 Å². The van der Waals surface area contributed by atoms with E-state index in [1.54, 1.807) is 19.9 Å². The zero-order valence-electron chi connectivity index (χ0n) is 22.7. The average molecular weight is 531 g/mol. The number of carbonyl (C=O) groups excluding carboxylic acids is 1. The molecule has 0 spiro atoms. The van der Waals surface area contributed by atoms with Gasteiger partial charge in [0.05, 0.1) is 27.9 Å². The van der Waals surface area contributed by atoms with Crippen LogP contribution in [-0.4, -0.2) is 62.1 Å². The molecule has 0 unspecified atom stereocenters. The minimum Gasteiger partial charge on any atom is -0.493 e. The highest BCUT2D eigenvalue weighted by Crippen LogP contribution is 2.59. The van der Waals surface area contributed by atoms with Crippen molar-refractivity contribution in [3.05, 3.63) is 23.3 Å². The number of rotatable bonds is 3. The number of carbonyl (C=O) groups is 1. The van der Waals surface area contributed by atoms with Crippen molar-refractivity contribution in [3.63, 3.8) is 0 Å². The van der Waals surface area contributed by atoms with Crippen molar-refractivity contribution in [2.24, 2.45) is 11.8 Å². The Morgan fingerprint density at radius 2 is 1.61 bits per heavy atom. The van der Waals surface area contributed by atoms with Gasteiger partial charge < -0.3 is 43.4 Å². The second-order valence-corrected chi connectivity index (χ2v) is 10.6. The molecule has 10 heteroatoms. The van der Waals surface area contributed by atoms with Gasteiger partial charge in [-0.15, -0.1) is 0 Å². The maximum Gasteiger partial charge on any atom is 0.338 e. The summed E-state index contributed by atoms with van der Waals surface area (Å²) in [5.41, 5.74) is -1.15. The Morgan fingerprint density at radius 1 is 0.895 bits per heavy atom. The molecular formula is C28H34O10. The number of fused-ring (bicyclic) bond motifs is 2. The van der Waals surface area contributed by atoms with E-state index >= 15 is 0 Å². The van der Waals surface area contributed by atoms with Crippen molar-refractivity contribution in [3.8, 4) is 45.6 Å². The lowest BCUT2D eigenvalue weighted by Crippen LogP contribution is -2.49. The van der Waals surface area contributed by atoms with Gasteiger partial charge in [0.15, 0.2) is 34.7 Å². The summed E-state index contributed by atoms with van der Waals surface area (Å²) in [5.74, 6) is 0.241. The summed E-state index contributed by atoms with van der Waals surface area (Å²) >= 11 is 0. The highest BCUT2D eigenvalue weighted by atomic mass is 16.7. The molecule has 2 heterocycles. The van der Waals surface area contributed by atoms with Crippen molar-refractivity contribution in [1.82, 2.24) is 0 Å². The molecule has 0 radical (unpaired) electrons. The molecule has 2 bridgehead atoms. The SMILES string of the molecule is COc1cc2c(c(OC)c1OC)-c1c3cc4c(c1OC[C@H](C)[C@](C)(O)C(=O)O[C@H]2[C@@](C)(O)[C@H](C)C3)OCO4. The van der Waals surface area contributed by atoms with Gasteiger partial charge in [-0.3, -0.25) is 0 Å². The zero-order valence-corrected chi connectivity index (χ0v) is 22.7. The molecular weight excluding hydrogens is 496 g/mol. The van der Waals surface area contributed by atoms with Gasteiger partial charge in [-0.2, -0.15) is 0 Å². The topological polar surface area (TPSA) is 122 Å². The first-order valence-corrected chi connectivity index (χ1v) is 12.5. The van der Waals surface area contributed by atoms with E-state index in [9.17, 15) is 15.0 Å². The van der Waals surface area contributed by atoms with E-state index in [2.05, 4.69) is 0 Å². The fraction of sp³-hybridized carbons (Fsp3) is 0.536. The van der Waals surface area contributed by atoms with E-state index in [4.69, 9.17) is 33.2 Å². The Morgan fingerprint density at radius 3 is 2.26 bits per heavy atom. The van der Waals surface area contributed by atoms with Crippen LogP contribution in [0.25, 0.3) is 11.1 Å². The summed E-state index contributed by atoms with van der Waals surface area (Å²) < 4.78 is 41.2. The Bertz CT molecular complexity index is 1280. The lowest BCUT2D eigenvalue weighted by Gasteiger charge is -2.41. The number of methoxy groups -OCH3 is 3. The van der Waals surface area contributed by atoms with Crippen LogP contribution in [0.5, 0.6) is 34.5 Å². The third-order valence-electron chi connectivity index (χ3n) is 8.22. The van der Waals surface area contributed by atoms with Gasteiger partial charge in [-0.1, -0.05) is 13.8 Å². The molecule has 206 valence electrons. The molecule has 0 fully saturated rings. The van der Waals surface area contributed by atoms with E-state index in [1.807, 2.05) is 13.0 Å². The van der Waals surface area contributed by atoms with Crippen molar-refractivity contribution < 1.29 is 48.2 Å². The van der Waals surface area contributed by atoms with Crippen molar-refractivity contribution in [2.75, 3.05) is 34.7 Å². The third kappa shape index (κ3) is 3.72. The predicted octanol–water partition coefficient (Wildman–Crippen LogP) is 3.42. The fourth-order valence-corrected chi connectivity index (χ4v) is 5.37. The Kier molecular flexibility index (Phi) is 6.30. The first kappa shape index (κ1) is 26.2. The molecule has 5 atom stereocenters. The van der Waals surface area contributed by atoms with Crippen LogP contribution in [0.15, 0.2) is 12.1 Å². The van der Waals surface area contributed by atoms with Crippen LogP contribution in [0.4, 0.5) is 0 Å². The number of aliphatic hydroxyl groups is 2. The van der Waals surface area contributed by atoms with Gasteiger partial charge in [0.25, 0.3) is 0 Å². The summed E-state index contributed by atoms with van der Waals surface area (Å²) in [4.78, 5) is 13.5. The van der Waals surface area contributed by atoms with E-state index in [0.717, 1.165) is 5.56 Å². The van der Waals surface area contributed by atoms with Crippen LogP contribution in [-0.2, 0) is 16.0 Å². The molecule has 1 aliphatic carbocycles. The molecule has 0 aromatic heterocycles. The standard InChI is InChI=1S/C28H34O10/c1-13-8-15-9-18-22(37-12-36-18)24-19(15)20-16(10-17(32-5)21(33-6)23(20)34-7)25(27(13,3)30)38-26(29)28(4,31)14(2)11-35-24/h9-10,13-14,25,30-31H,8,11-12H2,1-7H3/t13-,14+,25-,27+,28+/m1/s1. The normalized spacial score (nSPS) is 29.7. The lowest BCUT2D eigenvalue weighted by atomic mass is 9.73. The minimum absolute atomic E-state index is 0.00920. The lowest BCUT2D eigenvalue weighted by molar-refractivity contribution is -0.194. The van der Waals surface area contributed by atoms with Crippen LogP contribution < -0.4 is 28.4 Å². The van der Waals surface area contributed by atoms with Gasteiger partial charge in [0, 0.05) is 22.6 Å². The third-order valence-corrected chi connectivity index (χ3v) is 8.22. The van der Waals surface area contributed by atoms with Crippen molar-refractivity contribution in [1.29, 1.82) is 0 Å².